The summed E-state index contributed by atoms with van der Waals surface area (Å²) in [7, 11) is -3.23. The fourth-order valence-electron chi connectivity index (χ4n) is 3.38. The summed E-state index contributed by atoms with van der Waals surface area (Å²) in [4.78, 5) is 13.0. The predicted octanol–water partition coefficient (Wildman–Crippen LogP) is 1.67. The van der Waals surface area contributed by atoms with Gasteiger partial charge < -0.3 is 5.11 Å². The summed E-state index contributed by atoms with van der Waals surface area (Å²) in [5, 5.41) is 9.03. The van der Waals surface area contributed by atoms with Crippen LogP contribution in [0.25, 0.3) is 0 Å². The smallest absolute Gasteiger partial charge is 0.317 e. The van der Waals surface area contributed by atoms with Gasteiger partial charge in [0.05, 0.1) is 12.3 Å². The summed E-state index contributed by atoms with van der Waals surface area (Å²) in [6, 6.07) is 0.168. The molecule has 0 radical (unpaired) electrons. The minimum atomic E-state index is -3.23. The molecule has 0 aromatic carbocycles. The van der Waals surface area contributed by atoms with Gasteiger partial charge in [-0.25, -0.2) is 13.1 Å². The van der Waals surface area contributed by atoms with Crippen LogP contribution in [0.4, 0.5) is 0 Å². The van der Waals surface area contributed by atoms with Gasteiger partial charge in [0, 0.05) is 18.6 Å². The molecule has 134 valence electrons. The maximum atomic E-state index is 12.1. The Labute approximate surface area is 139 Å². The Morgan fingerprint density at radius 1 is 1.35 bits per heavy atom. The summed E-state index contributed by atoms with van der Waals surface area (Å²) in [6.07, 6.45) is 5.74. The van der Waals surface area contributed by atoms with Crippen LogP contribution in [0, 0.1) is 11.8 Å². The van der Waals surface area contributed by atoms with Crippen molar-refractivity contribution in [1.29, 1.82) is 0 Å². The zero-order valence-corrected chi connectivity index (χ0v) is 15.0. The quantitative estimate of drug-likeness (QED) is 0.594. The van der Waals surface area contributed by atoms with E-state index in [9.17, 15) is 13.2 Å². The second-order valence-electron chi connectivity index (χ2n) is 7.38. The molecule has 1 atom stereocenters. The van der Waals surface area contributed by atoms with Gasteiger partial charge in [-0.05, 0) is 43.9 Å². The van der Waals surface area contributed by atoms with Crippen LogP contribution in [0.15, 0.2) is 0 Å². The monoisotopic (exact) mass is 346 g/mol. The SMILES string of the molecule is CCCC(C)CS(=O)(=O)NC1CC(N(CC(=O)O)CC2CC2)C1. The highest BCUT2D eigenvalue weighted by molar-refractivity contribution is 7.89. The third kappa shape index (κ3) is 6.39. The molecule has 1 unspecified atom stereocenters. The van der Waals surface area contributed by atoms with Crippen LogP contribution in [0.5, 0.6) is 0 Å². The molecule has 2 N–H and O–H groups in total. The number of hydrogen-bond acceptors (Lipinski definition) is 4. The van der Waals surface area contributed by atoms with E-state index in [1.807, 2.05) is 11.8 Å². The molecule has 7 heteroatoms. The van der Waals surface area contributed by atoms with Crippen molar-refractivity contribution in [1.82, 2.24) is 9.62 Å². The highest BCUT2D eigenvalue weighted by Gasteiger charge is 2.38. The molecule has 23 heavy (non-hydrogen) atoms. The number of carboxylic acid groups (broad SMARTS) is 1. The van der Waals surface area contributed by atoms with E-state index < -0.39 is 16.0 Å². The largest absolute Gasteiger partial charge is 0.480 e. The molecular formula is C16H30N2O4S. The molecule has 0 bridgehead atoms. The van der Waals surface area contributed by atoms with Gasteiger partial charge in [-0.15, -0.1) is 0 Å². The molecule has 2 aliphatic carbocycles. The zero-order valence-electron chi connectivity index (χ0n) is 14.2. The number of carbonyl (C=O) groups is 1. The average Bonchev–Trinajstić information content (AvgIpc) is 3.15. The lowest BCUT2D eigenvalue weighted by Crippen LogP contribution is -2.55. The van der Waals surface area contributed by atoms with Crippen LogP contribution in [-0.4, -0.2) is 55.3 Å². The first kappa shape index (κ1) is 18.7. The number of carboxylic acids is 1. The summed E-state index contributed by atoms with van der Waals surface area (Å²) < 4.78 is 27.1. The Kier molecular flexibility index (Phi) is 6.45. The molecule has 0 spiro atoms. The Morgan fingerprint density at radius 3 is 2.52 bits per heavy atom. The molecule has 0 saturated heterocycles. The van der Waals surface area contributed by atoms with Crippen LogP contribution in [0.1, 0.15) is 52.4 Å². The lowest BCUT2D eigenvalue weighted by atomic mass is 9.86. The average molecular weight is 346 g/mol. The minimum absolute atomic E-state index is 0.0330. The molecular weight excluding hydrogens is 316 g/mol. The molecule has 0 aromatic heterocycles. The second-order valence-corrected chi connectivity index (χ2v) is 9.18. The second kappa shape index (κ2) is 7.94. The molecule has 0 amide bonds. The third-order valence-corrected chi connectivity index (χ3v) is 6.49. The van der Waals surface area contributed by atoms with Gasteiger partial charge >= 0.3 is 5.97 Å². The van der Waals surface area contributed by atoms with Gasteiger partial charge in [0.1, 0.15) is 0 Å². The lowest BCUT2D eigenvalue weighted by Gasteiger charge is -2.42. The first-order valence-corrected chi connectivity index (χ1v) is 10.4. The van der Waals surface area contributed by atoms with Gasteiger partial charge in [0.15, 0.2) is 0 Å². The summed E-state index contributed by atoms with van der Waals surface area (Å²) in [6.45, 7) is 4.93. The molecule has 2 fully saturated rings. The summed E-state index contributed by atoms with van der Waals surface area (Å²) >= 11 is 0. The number of nitrogens with zero attached hydrogens (tertiary/aromatic N) is 1. The van der Waals surface area contributed by atoms with Gasteiger partial charge in [-0.2, -0.15) is 0 Å². The maximum absolute atomic E-state index is 12.1. The van der Waals surface area contributed by atoms with Crippen molar-refractivity contribution in [3.8, 4) is 0 Å². The van der Waals surface area contributed by atoms with Crippen molar-refractivity contribution in [3.63, 3.8) is 0 Å². The van der Waals surface area contributed by atoms with E-state index in [1.54, 1.807) is 0 Å². The van der Waals surface area contributed by atoms with Crippen LogP contribution in [0.3, 0.4) is 0 Å². The van der Waals surface area contributed by atoms with Crippen molar-refractivity contribution in [2.75, 3.05) is 18.8 Å². The molecule has 0 heterocycles. The topological polar surface area (TPSA) is 86.7 Å². The van der Waals surface area contributed by atoms with E-state index in [2.05, 4.69) is 11.6 Å². The van der Waals surface area contributed by atoms with E-state index in [-0.39, 0.29) is 30.3 Å². The van der Waals surface area contributed by atoms with E-state index in [0.717, 1.165) is 32.2 Å². The Hall–Kier alpha value is -0.660. The molecule has 2 aliphatic rings. The fraction of sp³-hybridized carbons (Fsp3) is 0.938. The van der Waals surface area contributed by atoms with Crippen molar-refractivity contribution in [3.05, 3.63) is 0 Å². The fourth-order valence-corrected chi connectivity index (χ4v) is 5.10. The Balaban J connectivity index is 1.76. The lowest BCUT2D eigenvalue weighted by molar-refractivity contribution is -0.139. The number of hydrogen-bond donors (Lipinski definition) is 2. The van der Waals surface area contributed by atoms with Gasteiger partial charge in [-0.3, -0.25) is 9.69 Å². The van der Waals surface area contributed by atoms with Crippen molar-refractivity contribution >= 4 is 16.0 Å². The summed E-state index contributed by atoms with van der Waals surface area (Å²) in [5.74, 6) is 0.193. The van der Waals surface area contributed by atoms with Gasteiger partial charge in [0.25, 0.3) is 0 Å². The third-order valence-electron chi connectivity index (χ3n) is 4.79. The minimum Gasteiger partial charge on any atom is -0.480 e. The van der Waals surface area contributed by atoms with Crippen LogP contribution < -0.4 is 4.72 Å². The molecule has 0 aliphatic heterocycles. The number of aliphatic carboxylic acids is 1. The van der Waals surface area contributed by atoms with Gasteiger partial charge in [0.2, 0.25) is 10.0 Å². The first-order chi connectivity index (χ1) is 10.8. The van der Waals surface area contributed by atoms with Crippen molar-refractivity contribution < 1.29 is 18.3 Å². The van der Waals surface area contributed by atoms with Crippen LogP contribution in [-0.2, 0) is 14.8 Å². The van der Waals surface area contributed by atoms with E-state index >= 15 is 0 Å². The molecule has 2 rings (SSSR count). The normalized spacial score (nSPS) is 26.0. The van der Waals surface area contributed by atoms with Crippen molar-refractivity contribution in [2.24, 2.45) is 11.8 Å². The maximum Gasteiger partial charge on any atom is 0.317 e. The zero-order chi connectivity index (χ0) is 17.0. The number of nitrogens with one attached hydrogen (secondary N) is 1. The number of sulfonamides is 1. The standard InChI is InChI=1S/C16H30N2O4S/c1-3-4-12(2)11-23(21,22)17-14-7-15(8-14)18(10-16(19)20)9-13-5-6-13/h12-15,17H,3-11H2,1-2H3,(H,19,20). The molecule has 2 saturated carbocycles. The predicted molar refractivity (Wildman–Crippen MR) is 89.7 cm³/mol. The highest BCUT2D eigenvalue weighted by atomic mass is 32.2. The molecule has 0 aromatic rings. The van der Waals surface area contributed by atoms with E-state index in [0.29, 0.717) is 5.92 Å². The highest BCUT2D eigenvalue weighted by Crippen LogP contribution is 2.34. The number of rotatable bonds is 11. The molecule has 6 nitrogen and oxygen atoms in total. The summed E-state index contributed by atoms with van der Waals surface area (Å²) in [5.41, 5.74) is 0. The van der Waals surface area contributed by atoms with Crippen LogP contribution in [0.2, 0.25) is 0 Å². The first-order valence-electron chi connectivity index (χ1n) is 8.75. The van der Waals surface area contributed by atoms with E-state index in [4.69, 9.17) is 5.11 Å². The van der Waals surface area contributed by atoms with Gasteiger partial charge in [-0.1, -0.05) is 20.3 Å². The van der Waals surface area contributed by atoms with Crippen LogP contribution >= 0.6 is 0 Å². The Bertz CT molecular complexity index is 498. The van der Waals surface area contributed by atoms with E-state index in [1.165, 1.54) is 12.8 Å². The van der Waals surface area contributed by atoms with Crippen molar-refractivity contribution in [2.45, 2.75) is 64.5 Å². The Morgan fingerprint density at radius 2 is 2.00 bits per heavy atom.